The van der Waals surface area contributed by atoms with E-state index in [9.17, 15) is 4.79 Å². The van der Waals surface area contributed by atoms with E-state index in [-0.39, 0.29) is 0 Å². The molecule has 1 amide bonds. The summed E-state index contributed by atoms with van der Waals surface area (Å²) in [4.78, 5) is 10.5. The lowest BCUT2D eigenvalue weighted by Crippen LogP contribution is -2.05. The number of amides is 1. The third-order valence-corrected chi connectivity index (χ3v) is 2.65. The van der Waals surface area contributed by atoms with Gasteiger partial charge in [-0.15, -0.1) is 0 Å². The Morgan fingerprint density at radius 1 is 1.43 bits per heavy atom. The summed E-state index contributed by atoms with van der Waals surface area (Å²) in [6.07, 6.45) is 2.96. The highest BCUT2D eigenvalue weighted by atomic mass is 32.1. The van der Waals surface area contributed by atoms with E-state index in [1.807, 2.05) is 24.3 Å². The fourth-order valence-corrected chi connectivity index (χ4v) is 1.95. The smallest absolute Gasteiger partial charge is 0.241 e. The average molecular weight is 204 g/mol. The number of primary amides is 1. The molecular formula is C10H8N2OS. The first-order valence-corrected chi connectivity index (χ1v) is 4.86. The highest BCUT2D eigenvalue weighted by Crippen LogP contribution is 2.22. The minimum Gasteiger partial charge on any atom is -0.366 e. The predicted molar refractivity (Wildman–Crippen MR) is 57.8 cm³/mol. The lowest BCUT2D eigenvalue weighted by atomic mass is 10.2. The van der Waals surface area contributed by atoms with Crippen LogP contribution in [0.1, 0.15) is 5.69 Å². The Kier molecular flexibility index (Phi) is 2.28. The molecule has 3 nitrogen and oxygen atoms in total. The van der Waals surface area contributed by atoms with Crippen molar-refractivity contribution < 1.29 is 4.79 Å². The number of benzene rings is 1. The molecule has 1 aromatic carbocycles. The Morgan fingerprint density at radius 3 is 3.00 bits per heavy atom. The van der Waals surface area contributed by atoms with Crippen molar-refractivity contribution in [3.8, 4) is 0 Å². The molecule has 0 spiro atoms. The van der Waals surface area contributed by atoms with Gasteiger partial charge in [0.15, 0.2) is 0 Å². The van der Waals surface area contributed by atoms with Crippen molar-refractivity contribution in [3.05, 3.63) is 36.0 Å². The molecule has 0 atom stereocenters. The molecule has 0 aliphatic carbocycles. The van der Waals surface area contributed by atoms with Crippen LogP contribution in [0.15, 0.2) is 30.3 Å². The number of carbonyl (C=O) groups excluding carboxylic acids is 1. The van der Waals surface area contributed by atoms with E-state index in [4.69, 9.17) is 5.73 Å². The number of aromatic nitrogens is 1. The van der Waals surface area contributed by atoms with Gasteiger partial charge < -0.3 is 5.73 Å². The zero-order valence-electron chi connectivity index (χ0n) is 7.31. The molecule has 0 aliphatic rings. The van der Waals surface area contributed by atoms with Gasteiger partial charge >= 0.3 is 0 Å². The zero-order chi connectivity index (χ0) is 9.97. The van der Waals surface area contributed by atoms with Gasteiger partial charge in [-0.1, -0.05) is 18.2 Å². The number of fused-ring (bicyclic) bond motifs is 1. The quantitative estimate of drug-likeness (QED) is 0.758. The summed E-state index contributed by atoms with van der Waals surface area (Å²) in [7, 11) is 0. The van der Waals surface area contributed by atoms with Gasteiger partial charge in [-0.2, -0.15) is 4.37 Å². The van der Waals surface area contributed by atoms with Crippen molar-refractivity contribution in [3.63, 3.8) is 0 Å². The Hall–Kier alpha value is -1.68. The lowest BCUT2D eigenvalue weighted by Gasteiger charge is -1.87. The van der Waals surface area contributed by atoms with Gasteiger partial charge in [-0.3, -0.25) is 4.79 Å². The summed E-state index contributed by atoms with van der Waals surface area (Å²) < 4.78 is 5.32. The number of rotatable bonds is 2. The molecule has 2 rings (SSSR count). The van der Waals surface area contributed by atoms with Crippen molar-refractivity contribution in [2.45, 2.75) is 0 Å². The van der Waals surface area contributed by atoms with E-state index in [1.54, 1.807) is 6.08 Å². The Morgan fingerprint density at radius 2 is 2.21 bits per heavy atom. The van der Waals surface area contributed by atoms with E-state index in [0.29, 0.717) is 0 Å². The van der Waals surface area contributed by atoms with Gasteiger partial charge in [0.25, 0.3) is 0 Å². The summed E-state index contributed by atoms with van der Waals surface area (Å²) >= 11 is 1.41. The van der Waals surface area contributed by atoms with Crippen LogP contribution in [0.2, 0.25) is 0 Å². The van der Waals surface area contributed by atoms with Crippen molar-refractivity contribution in [1.29, 1.82) is 0 Å². The van der Waals surface area contributed by atoms with E-state index < -0.39 is 5.91 Å². The van der Waals surface area contributed by atoms with Crippen LogP contribution in [0.25, 0.3) is 16.2 Å². The highest BCUT2D eigenvalue weighted by Gasteiger charge is 2.01. The van der Waals surface area contributed by atoms with E-state index in [1.165, 1.54) is 17.6 Å². The molecule has 2 aromatic rings. The fourth-order valence-electron chi connectivity index (χ4n) is 1.19. The second kappa shape index (κ2) is 3.59. The molecule has 70 valence electrons. The van der Waals surface area contributed by atoms with Crippen LogP contribution in [0.4, 0.5) is 0 Å². The third-order valence-electron chi connectivity index (χ3n) is 1.81. The average Bonchev–Trinajstić information content (AvgIpc) is 2.58. The molecule has 1 aromatic heterocycles. The molecule has 0 radical (unpaired) electrons. The Bertz CT molecular complexity index is 502. The van der Waals surface area contributed by atoms with Crippen molar-refractivity contribution in [2.75, 3.05) is 0 Å². The summed E-state index contributed by atoms with van der Waals surface area (Å²) in [5.41, 5.74) is 5.80. The van der Waals surface area contributed by atoms with E-state index in [0.717, 1.165) is 15.8 Å². The van der Waals surface area contributed by atoms with Gasteiger partial charge in [0.1, 0.15) is 0 Å². The first-order chi connectivity index (χ1) is 6.77. The molecule has 0 saturated heterocycles. The minimum atomic E-state index is -0.456. The molecule has 0 unspecified atom stereocenters. The first kappa shape index (κ1) is 8.90. The van der Waals surface area contributed by atoms with Crippen LogP contribution in [-0.2, 0) is 4.79 Å². The molecule has 0 fully saturated rings. The SMILES string of the molecule is NC(=O)/C=C/c1nsc2ccccc12. The molecule has 0 aliphatic heterocycles. The van der Waals surface area contributed by atoms with E-state index >= 15 is 0 Å². The van der Waals surface area contributed by atoms with Crippen molar-refractivity contribution in [2.24, 2.45) is 5.73 Å². The van der Waals surface area contributed by atoms with Gasteiger partial charge in [-0.25, -0.2) is 0 Å². The molecule has 0 saturated carbocycles. The third kappa shape index (κ3) is 1.65. The van der Waals surface area contributed by atoms with Crippen molar-refractivity contribution >= 4 is 33.6 Å². The summed E-state index contributed by atoms with van der Waals surface area (Å²) in [6, 6.07) is 7.87. The molecule has 2 N–H and O–H groups in total. The minimum absolute atomic E-state index is 0.456. The summed E-state index contributed by atoms with van der Waals surface area (Å²) in [5.74, 6) is -0.456. The van der Waals surface area contributed by atoms with Crippen LogP contribution < -0.4 is 5.73 Å². The zero-order valence-corrected chi connectivity index (χ0v) is 8.12. The van der Waals surface area contributed by atoms with Gasteiger partial charge in [0, 0.05) is 11.5 Å². The maximum Gasteiger partial charge on any atom is 0.241 e. The molecule has 14 heavy (non-hydrogen) atoms. The Labute approximate surface area is 85.0 Å². The van der Waals surface area contributed by atoms with Crippen molar-refractivity contribution in [1.82, 2.24) is 4.37 Å². The Balaban J connectivity index is 2.48. The van der Waals surface area contributed by atoms with Crippen LogP contribution in [-0.4, -0.2) is 10.3 Å². The number of carbonyl (C=O) groups is 1. The van der Waals surface area contributed by atoms with E-state index in [2.05, 4.69) is 4.37 Å². The monoisotopic (exact) mass is 204 g/mol. The second-order valence-electron chi connectivity index (χ2n) is 2.80. The number of hydrogen-bond donors (Lipinski definition) is 1. The molecule has 0 bridgehead atoms. The first-order valence-electron chi connectivity index (χ1n) is 4.09. The van der Waals surface area contributed by atoms with Crippen LogP contribution >= 0.6 is 11.5 Å². The van der Waals surface area contributed by atoms with Gasteiger partial charge in [-0.05, 0) is 23.7 Å². The molecule has 1 heterocycles. The fraction of sp³-hybridized carbons (Fsp3) is 0. The van der Waals surface area contributed by atoms with Crippen LogP contribution in [0.5, 0.6) is 0 Å². The van der Waals surface area contributed by atoms with Gasteiger partial charge in [0.2, 0.25) is 5.91 Å². The molecule has 4 heteroatoms. The lowest BCUT2D eigenvalue weighted by molar-refractivity contribution is -0.113. The topological polar surface area (TPSA) is 56.0 Å². The highest BCUT2D eigenvalue weighted by molar-refractivity contribution is 7.13. The summed E-state index contributed by atoms with van der Waals surface area (Å²) in [5, 5.41) is 1.05. The largest absolute Gasteiger partial charge is 0.366 e. The predicted octanol–water partition coefficient (Wildman–Crippen LogP) is 1.79. The number of hydrogen-bond acceptors (Lipinski definition) is 3. The van der Waals surface area contributed by atoms with Crippen LogP contribution in [0.3, 0.4) is 0 Å². The maximum atomic E-state index is 10.5. The standard InChI is InChI=1S/C10H8N2OS/c11-10(13)6-5-8-7-3-1-2-4-9(7)14-12-8/h1-6H,(H2,11,13)/b6-5+. The number of nitrogens with zero attached hydrogens (tertiary/aromatic N) is 1. The normalized spacial score (nSPS) is 11.1. The number of nitrogens with two attached hydrogens (primary N) is 1. The summed E-state index contributed by atoms with van der Waals surface area (Å²) in [6.45, 7) is 0. The van der Waals surface area contributed by atoms with Gasteiger partial charge in [0.05, 0.1) is 10.4 Å². The van der Waals surface area contributed by atoms with Crippen LogP contribution in [0, 0.1) is 0 Å². The maximum absolute atomic E-state index is 10.5. The molecular weight excluding hydrogens is 196 g/mol. The second-order valence-corrected chi connectivity index (χ2v) is 3.60.